The molecule has 1 aromatic heterocycles. The van der Waals surface area contributed by atoms with Crippen molar-refractivity contribution in [2.24, 2.45) is 0 Å². The molecule has 3 aromatic rings. The van der Waals surface area contributed by atoms with E-state index in [4.69, 9.17) is 32.4 Å². The van der Waals surface area contributed by atoms with Crippen molar-refractivity contribution < 1.29 is 13.9 Å². The number of fused-ring (bicyclic) bond motifs is 3. The summed E-state index contributed by atoms with van der Waals surface area (Å²) in [4.78, 5) is 12.5. The smallest absolute Gasteiger partial charge is 0.248 e. The van der Waals surface area contributed by atoms with Crippen molar-refractivity contribution in [3.63, 3.8) is 0 Å². The van der Waals surface area contributed by atoms with Gasteiger partial charge in [-0.15, -0.1) is 0 Å². The van der Waals surface area contributed by atoms with Gasteiger partial charge in [0.05, 0.1) is 17.8 Å². The largest absolute Gasteiger partial charge is 0.496 e. The second-order valence-electron chi connectivity index (χ2n) is 7.20. The third-order valence-corrected chi connectivity index (χ3v) is 5.79. The fourth-order valence-electron chi connectivity index (χ4n) is 3.80. The highest BCUT2D eigenvalue weighted by molar-refractivity contribution is 6.36. The van der Waals surface area contributed by atoms with Crippen molar-refractivity contribution >= 4 is 51.3 Å². The van der Waals surface area contributed by atoms with Crippen LogP contribution in [0.3, 0.4) is 0 Å². The number of amides is 1. The molecule has 29 heavy (non-hydrogen) atoms. The standard InChI is InChI=1S/C23H21Cl2NO3/c1-13(9-23(27)26-19-8-7-14(24)10-18(19)25)16-11-17-15-5-3-4-6-20(15)29-22(17)12-21(16)28-2/h7-12H,3-6H2,1-2H3,(H,26,27)/b13-9+. The topological polar surface area (TPSA) is 51.5 Å². The predicted molar refractivity (Wildman–Crippen MR) is 118 cm³/mol. The lowest BCUT2D eigenvalue weighted by molar-refractivity contribution is -0.111. The van der Waals surface area contributed by atoms with Gasteiger partial charge < -0.3 is 14.5 Å². The Hall–Kier alpha value is -2.43. The Morgan fingerprint density at radius 3 is 2.72 bits per heavy atom. The highest BCUT2D eigenvalue weighted by atomic mass is 35.5. The first-order valence-electron chi connectivity index (χ1n) is 9.53. The number of aryl methyl sites for hydroxylation is 2. The number of hydrogen-bond acceptors (Lipinski definition) is 3. The summed E-state index contributed by atoms with van der Waals surface area (Å²) in [6.45, 7) is 1.89. The van der Waals surface area contributed by atoms with E-state index in [1.807, 2.05) is 13.0 Å². The maximum absolute atomic E-state index is 12.5. The number of rotatable bonds is 4. The first-order chi connectivity index (χ1) is 14.0. The van der Waals surface area contributed by atoms with E-state index in [1.54, 1.807) is 31.4 Å². The lowest BCUT2D eigenvalue weighted by Crippen LogP contribution is -2.09. The molecule has 0 unspecified atom stereocenters. The Kier molecular flexibility index (Phi) is 5.57. The molecule has 1 N–H and O–H groups in total. The number of carbonyl (C=O) groups is 1. The molecule has 0 saturated heterocycles. The monoisotopic (exact) mass is 429 g/mol. The fourth-order valence-corrected chi connectivity index (χ4v) is 4.26. The number of nitrogens with one attached hydrogen (secondary N) is 1. The minimum Gasteiger partial charge on any atom is -0.496 e. The Balaban J connectivity index is 1.67. The van der Waals surface area contributed by atoms with Crippen LogP contribution in [-0.4, -0.2) is 13.0 Å². The molecule has 150 valence electrons. The zero-order chi connectivity index (χ0) is 20.5. The highest BCUT2D eigenvalue weighted by Gasteiger charge is 2.20. The summed E-state index contributed by atoms with van der Waals surface area (Å²) >= 11 is 12.1. The Morgan fingerprint density at radius 1 is 1.17 bits per heavy atom. The molecule has 0 aliphatic heterocycles. The van der Waals surface area contributed by atoms with E-state index in [1.165, 1.54) is 12.0 Å². The van der Waals surface area contributed by atoms with E-state index in [0.717, 1.165) is 47.1 Å². The summed E-state index contributed by atoms with van der Waals surface area (Å²) in [6, 6.07) is 8.92. The number of methoxy groups -OCH3 is 1. The number of ether oxygens (including phenoxy) is 1. The third kappa shape index (κ3) is 4.00. The van der Waals surface area contributed by atoms with Crippen LogP contribution in [0.15, 0.2) is 40.8 Å². The van der Waals surface area contributed by atoms with E-state index < -0.39 is 0 Å². The minimum atomic E-state index is -0.275. The predicted octanol–water partition coefficient (Wildman–Crippen LogP) is 6.67. The van der Waals surface area contributed by atoms with Gasteiger partial charge in [-0.3, -0.25) is 4.79 Å². The van der Waals surface area contributed by atoms with Crippen LogP contribution >= 0.6 is 23.2 Å². The SMILES string of the molecule is COc1cc2oc3c(c2cc1/C(C)=C/C(=O)Nc1ccc(Cl)cc1Cl)CCCC3. The van der Waals surface area contributed by atoms with E-state index in [9.17, 15) is 4.79 Å². The van der Waals surface area contributed by atoms with E-state index in [2.05, 4.69) is 11.4 Å². The molecule has 2 aromatic carbocycles. The first-order valence-corrected chi connectivity index (χ1v) is 10.3. The number of carbonyl (C=O) groups excluding carboxylic acids is 1. The molecule has 1 heterocycles. The average Bonchev–Trinajstić information content (AvgIpc) is 3.06. The molecule has 0 bridgehead atoms. The number of allylic oxidation sites excluding steroid dienone is 1. The molecule has 6 heteroatoms. The van der Waals surface area contributed by atoms with Crippen LogP contribution in [0.2, 0.25) is 10.0 Å². The number of hydrogen-bond donors (Lipinski definition) is 1. The average molecular weight is 430 g/mol. The van der Waals surface area contributed by atoms with Gasteiger partial charge in [-0.05, 0) is 56.0 Å². The van der Waals surface area contributed by atoms with Gasteiger partial charge in [0.2, 0.25) is 5.91 Å². The van der Waals surface area contributed by atoms with Crippen LogP contribution in [0.5, 0.6) is 5.75 Å². The molecule has 0 saturated carbocycles. The van der Waals surface area contributed by atoms with Crippen molar-refractivity contribution in [3.05, 3.63) is 63.3 Å². The van der Waals surface area contributed by atoms with Gasteiger partial charge in [-0.25, -0.2) is 0 Å². The second kappa shape index (κ2) is 8.13. The summed E-state index contributed by atoms with van der Waals surface area (Å²) in [6.07, 6.45) is 5.86. The molecular weight excluding hydrogens is 409 g/mol. The van der Waals surface area contributed by atoms with Gasteiger partial charge in [-0.2, -0.15) is 0 Å². The van der Waals surface area contributed by atoms with Crippen molar-refractivity contribution in [1.82, 2.24) is 0 Å². The Labute approximate surface area is 179 Å². The van der Waals surface area contributed by atoms with Gasteiger partial charge in [0.1, 0.15) is 17.1 Å². The maximum Gasteiger partial charge on any atom is 0.248 e. The molecule has 4 nitrogen and oxygen atoms in total. The van der Waals surface area contributed by atoms with Crippen LogP contribution in [0.25, 0.3) is 16.5 Å². The quantitative estimate of drug-likeness (QED) is 0.471. The van der Waals surface area contributed by atoms with Crippen molar-refractivity contribution in [1.29, 1.82) is 0 Å². The number of anilines is 1. The minimum absolute atomic E-state index is 0.275. The zero-order valence-corrected chi connectivity index (χ0v) is 17.8. The zero-order valence-electron chi connectivity index (χ0n) is 16.3. The molecule has 1 amide bonds. The number of halogens is 2. The van der Waals surface area contributed by atoms with E-state index in [0.29, 0.717) is 21.5 Å². The molecule has 1 aliphatic carbocycles. The van der Waals surface area contributed by atoms with Crippen molar-refractivity contribution in [3.8, 4) is 5.75 Å². The fraction of sp³-hybridized carbons (Fsp3) is 0.261. The molecule has 4 rings (SSSR count). The van der Waals surface area contributed by atoms with Gasteiger partial charge in [0, 0.05) is 40.1 Å². The second-order valence-corrected chi connectivity index (χ2v) is 8.04. The summed E-state index contributed by atoms with van der Waals surface area (Å²) < 4.78 is 11.6. The molecule has 0 spiro atoms. The van der Waals surface area contributed by atoms with Gasteiger partial charge in [-0.1, -0.05) is 23.2 Å². The van der Waals surface area contributed by atoms with Gasteiger partial charge >= 0.3 is 0 Å². The van der Waals surface area contributed by atoms with Crippen LogP contribution in [0.1, 0.15) is 36.7 Å². The summed E-state index contributed by atoms with van der Waals surface area (Å²) in [5.41, 5.74) is 4.28. The van der Waals surface area contributed by atoms with Gasteiger partial charge in [0.25, 0.3) is 0 Å². The molecule has 0 radical (unpaired) electrons. The van der Waals surface area contributed by atoms with Crippen LogP contribution < -0.4 is 10.1 Å². The van der Waals surface area contributed by atoms with Crippen LogP contribution in [0.4, 0.5) is 5.69 Å². The summed E-state index contributed by atoms with van der Waals surface area (Å²) in [5.74, 6) is 1.47. The lowest BCUT2D eigenvalue weighted by Gasteiger charge is -2.11. The first kappa shape index (κ1) is 19.9. The molecular formula is C23H21Cl2NO3. The Morgan fingerprint density at radius 2 is 1.97 bits per heavy atom. The number of benzene rings is 2. The summed E-state index contributed by atoms with van der Waals surface area (Å²) in [5, 5.41) is 4.80. The maximum atomic E-state index is 12.5. The Bertz CT molecular complexity index is 1130. The molecule has 0 atom stereocenters. The molecule has 1 aliphatic rings. The van der Waals surface area contributed by atoms with Crippen LogP contribution in [-0.2, 0) is 17.6 Å². The van der Waals surface area contributed by atoms with E-state index in [-0.39, 0.29) is 5.91 Å². The van der Waals surface area contributed by atoms with Crippen molar-refractivity contribution in [2.75, 3.05) is 12.4 Å². The highest BCUT2D eigenvalue weighted by Crippen LogP contribution is 2.38. The third-order valence-electron chi connectivity index (χ3n) is 5.24. The van der Waals surface area contributed by atoms with E-state index >= 15 is 0 Å². The molecule has 0 fully saturated rings. The lowest BCUT2D eigenvalue weighted by atomic mass is 9.94. The normalized spacial score (nSPS) is 14.0. The van der Waals surface area contributed by atoms with Crippen LogP contribution in [0, 0.1) is 0 Å². The number of furan rings is 1. The van der Waals surface area contributed by atoms with Crippen molar-refractivity contribution in [2.45, 2.75) is 32.6 Å². The summed E-state index contributed by atoms with van der Waals surface area (Å²) in [7, 11) is 1.62. The van der Waals surface area contributed by atoms with Gasteiger partial charge in [0.15, 0.2) is 0 Å².